The smallest absolute Gasteiger partial charge is 0.0348 e. The summed E-state index contributed by atoms with van der Waals surface area (Å²) in [5.74, 6) is 0. The van der Waals surface area contributed by atoms with E-state index in [1.807, 2.05) is 11.3 Å². The highest BCUT2D eigenvalue weighted by atomic mass is 32.1. The fourth-order valence-corrected chi connectivity index (χ4v) is 4.89. The Kier molecular flexibility index (Phi) is 6.14. The van der Waals surface area contributed by atoms with Gasteiger partial charge < -0.3 is 4.90 Å². The molecule has 0 aliphatic carbocycles. The summed E-state index contributed by atoms with van der Waals surface area (Å²) in [5.41, 5.74) is 3.09. The third-order valence-corrected chi connectivity index (χ3v) is 5.83. The summed E-state index contributed by atoms with van der Waals surface area (Å²) >= 11 is 1.96. The highest BCUT2D eigenvalue weighted by molar-refractivity contribution is 7.13. The molecule has 1 aliphatic rings. The molecule has 0 amide bonds. The van der Waals surface area contributed by atoms with Gasteiger partial charge in [-0.3, -0.25) is 0 Å². The lowest BCUT2D eigenvalue weighted by molar-refractivity contribution is 0.346. The van der Waals surface area contributed by atoms with Gasteiger partial charge >= 0.3 is 0 Å². The quantitative estimate of drug-likeness (QED) is 0.593. The van der Waals surface area contributed by atoms with Crippen molar-refractivity contribution in [2.24, 2.45) is 5.41 Å². The van der Waals surface area contributed by atoms with Crippen molar-refractivity contribution in [2.45, 2.75) is 46.5 Å². The van der Waals surface area contributed by atoms with Crippen molar-refractivity contribution >= 4 is 16.9 Å². The molecule has 2 aromatic rings. The first-order valence-electron chi connectivity index (χ1n) is 9.58. The van der Waals surface area contributed by atoms with Crippen LogP contribution in [0.15, 0.2) is 48.5 Å². The second-order valence-electron chi connectivity index (χ2n) is 8.32. The van der Waals surface area contributed by atoms with Gasteiger partial charge in [0.2, 0.25) is 0 Å². The van der Waals surface area contributed by atoms with Crippen molar-refractivity contribution < 1.29 is 0 Å². The zero-order valence-corrected chi connectivity index (χ0v) is 16.7. The largest absolute Gasteiger partial charge is 0.303 e. The van der Waals surface area contributed by atoms with Crippen LogP contribution in [0.2, 0.25) is 0 Å². The van der Waals surface area contributed by atoms with E-state index in [2.05, 4.69) is 74.2 Å². The summed E-state index contributed by atoms with van der Waals surface area (Å²) in [6, 6.07) is 15.5. The number of nitrogens with zero attached hydrogens (tertiary/aromatic N) is 1. The maximum Gasteiger partial charge on any atom is 0.0348 e. The predicted octanol–water partition coefficient (Wildman–Crippen LogP) is 6.25. The number of hydrogen-bond acceptors (Lipinski definition) is 2. The van der Waals surface area contributed by atoms with Gasteiger partial charge in [-0.25, -0.2) is 0 Å². The molecule has 0 saturated carbocycles. The van der Waals surface area contributed by atoms with Crippen molar-refractivity contribution in [1.29, 1.82) is 0 Å². The normalized spacial score (nSPS) is 16.5. The van der Waals surface area contributed by atoms with Crippen LogP contribution >= 0.6 is 11.3 Å². The molecule has 2 heteroatoms. The zero-order valence-electron chi connectivity index (χ0n) is 15.9. The van der Waals surface area contributed by atoms with Gasteiger partial charge in [0, 0.05) is 16.3 Å². The second-order valence-corrected chi connectivity index (χ2v) is 9.49. The Hall–Kier alpha value is -1.38. The average molecular weight is 354 g/mol. The molecule has 0 N–H and O–H groups in total. The number of rotatable bonds is 6. The number of likely N-dealkylation sites (tertiary alicyclic amines) is 1. The van der Waals surface area contributed by atoms with Crippen LogP contribution in [0, 0.1) is 5.41 Å². The van der Waals surface area contributed by atoms with Gasteiger partial charge in [-0.05, 0) is 67.5 Å². The summed E-state index contributed by atoms with van der Waals surface area (Å²) in [5, 5.41) is 0. The molecule has 25 heavy (non-hydrogen) atoms. The van der Waals surface area contributed by atoms with Crippen molar-refractivity contribution in [3.8, 4) is 0 Å². The highest BCUT2D eigenvalue weighted by Crippen LogP contribution is 2.33. The van der Waals surface area contributed by atoms with Crippen LogP contribution in [0.3, 0.4) is 0 Å². The van der Waals surface area contributed by atoms with Crippen molar-refractivity contribution in [3.05, 3.63) is 63.9 Å². The van der Waals surface area contributed by atoms with E-state index in [0.29, 0.717) is 5.41 Å². The molecule has 0 unspecified atom stereocenters. The molecule has 1 saturated heterocycles. The minimum absolute atomic E-state index is 0.342. The Morgan fingerprint density at radius 1 is 1.04 bits per heavy atom. The van der Waals surface area contributed by atoms with Crippen LogP contribution < -0.4 is 0 Å². The first-order valence-corrected chi connectivity index (χ1v) is 10.4. The van der Waals surface area contributed by atoms with Gasteiger partial charge in [-0.15, -0.1) is 11.3 Å². The summed E-state index contributed by atoms with van der Waals surface area (Å²) in [6.45, 7) is 10.7. The molecule has 1 aromatic heterocycles. The lowest BCUT2D eigenvalue weighted by Crippen LogP contribution is -2.19. The van der Waals surface area contributed by atoms with Gasteiger partial charge in [0.1, 0.15) is 0 Å². The Morgan fingerprint density at radius 3 is 2.44 bits per heavy atom. The van der Waals surface area contributed by atoms with Crippen LogP contribution in [-0.4, -0.2) is 24.5 Å². The van der Waals surface area contributed by atoms with Crippen LogP contribution in [0.4, 0.5) is 0 Å². The minimum Gasteiger partial charge on any atom is -0.303 e. The fourth-order valence-electron chi connectivity index (χ4n) is 3.52. The molecular weight excluding hydrogens is 322 g/mol. The van der Waals surface area contributed by atoms with E-state index < -0.39 is 0 Å². The first-order chi connectivity index (χ1) is 12.0. The molecule has 0 spiro atoms. The van der Waals surface area contributed by atoms with Gasteiger partial charge in [0.15, 0.2) is 0 Å². The SMILES string of the molecule is CC(C)(C)Cc1ccc(/C(=C/CCN2CCCC2)c2ccccc2)s1. The molecular formula is C23H31NS. The lowest BCUT2D eigenvalue weighted by Gasteiger charge is -2.16. The van der Waals surface area contributed by atoms with Gasteiger partial charge in [-0.1, -0.05) is 57.2 Å². The van der Waals surface area contributed by atoms with Gasteiger partial charge in [-0.2, -0.15) is 0 Å². The second kappa shape index (κ2) is 8.33. The lowest BCUT2D eigenvalue weighted by atomic mass is 9.92. The third-order valence-electron chi connectivity index (χ3n) is 4.71. The van der Waals surface area contributed by atoms with E-state index in [0.717, 1.165) is 12.8 Å². The molecule has 2 heterocycles. The zero-order chi connectivity index (χ0) is 17.7. The number of benzene rings is 1. The molecule has 0 radical (unpaired) electrons. The summed E-state index contributed by atoms with van der Waals surface area (Å²) in [4.78, 5) is 5.49. The van der Waals surface area contributed by atoms with Crippen LogP contribution in [0.25, 0.3) is 5.57 Å². The van der Waals surface area contributed by atoms with E-state index in [-0.39, 0.29) is 0 Å². The number of thiophene rings is 1. The van der Waals surface area contributed by atoms with Crippen molar-refractivity contribution in [2.75, 3.05) is 19.6 Å². The molecule has 1 aromatic carbocycles. The third kappa shape index (κ3) is 5.55. The Balaban J connectivity index is 1.78. The molecule has 134 valence electrons. The molecule has 1 fully saturated rings. The van der Waals surface area contributed by atoms with Crippen molar-refractivity contribution in [1.82, 2.24) is 4.90 Å². The first kappa shape index (κ1) is 18.4. The maximum atomic E-state index is 2.60. The van der Waals surface area contributed by atoms with Gasteiger partial charge in [0.25, 0.3) is 0 Å². The monoisotopic (exact) mass is 353 g/mol. The van der Waals surface area contributed by atoms with E-state index >= 15 is 0 Å². The van der Waals surface area contributed by atoms with E-state index in [1.165, 1.54) is 53.4 Å². The Labute approximate surface area is 157 Å². The molecule has 0 bridgehead atoms. The maximum absolute atomic E-state index is 2.60. The summed E-state index contributed by atoms with van der Waals surface area (Å²) in [6.07, 6.45) is 7.48. The predicted molar refractivity (Wildman–Crippen MR) is 111 cm³/mol. The van der Waals surface area contributed by atoms with Gasteiger partial charge in [0.05, 0.1) is 0 Å². The minimum atomic E-state index is 0.342. The highest BCUT2D eigenvalue weighted by Gasteiger charge is 2.15. The van der Waals surface area contributed by atoms with Crippen LogP contribution in [0.1, 0.15) is 55.4 Å². The average Bonchev–Trinajstić information content (AvgIpc) is 3.23. The van der Waals surface area contributed by atoms with E-state index in [4.69, 9.17) is 0 Å². The topological polar surface area (TPSA) is 3.24 Å². The molecule has 3 rings (SSSR count). The van der Waals surface area contributed by atoms with E-state index in [1.54, 1.807) is 0 Å². The Bertz CT molecular complexity index is 684. The van der Waals surface area contributed by atoms with Crippen LogP contribution in [-0.2, 0) is 6.42 Å². The summed E-state index contributed by atoms with van der Waals surface area (Å²) in [7, 11) is 0. The van der Waals surface area contributed by atoms with Crippen LogP contribution in [0.5, 0.6) is 0 Å². The van der Waals surface area contributed by atoms with Crippen molar-refractivity contribution in [3.63, 3.8) is 0 Å². The fraction of sp³-hybridized carbons (Fsp3) is 0.478. The molecule has 1 nitrogen and oxygen atoms in total. The summed E-state index contributed by atoms with van der Waals surface area (Å²) < 4.78 is 0. The standard InChI is InChI=1S/C23H31NS/c1-23(2,3)18-20-13-14-22(25-20)21(19-10-5-4-6-11-19)12-9-17-24-15-7-8-16-24/h4-6,10-14H,7-9,15-18H2,1-3H3/b21-12+. The molecule has 0 atom stereocenters. The Morgan fingerprint density at radius 2 is 1.76 bits per heavy atom. The van der Waals surface area contributed by atoms with E-state index in [9.17, 15) is 0 Å². The molecule has 1 aliphatic heterocycles. The number of hydrogen-bond donors (Lipinski definition) is 0.